The lowest BCUT2D eigenvalue weighted by Gasteiger charge is -2.09. The molecule has 1 N–H and O–H groups in total. The van der Waals surface area contributed by atoms with E-state index in [4.69, 9.17) is 9.47 Å². The van der Waals surface area contributed by atoms with Crippen molar-refractivity contribution in [1.82, 2.24) is 19.5 Å². The Labute approximate surface area is 136 Å². The lowest BCUT2D eigenvalue weighted by atomic mass is 10.2. The van der Waals surface area contributed by atoms with E-state index in [1.165, 1.54) is 4.57 Å². The maximum Gasteiger partial charge on any atom is 0.332 e. The first-order valence-electron chi connectivity index (χ1n) is 7.30. The molecule has 0 aliphatic heterocycles. The van der Waals surface area contributed by atoms with Gasteiger partial charge in [-0.15, -0.1) is 0 Å². The number of hydrogen-bond acceptors (Lipinski definition) is 5. The molecule has 0 fully saturated rings. The van der Waals surface area contributed by atoms with E-state index in [1.807, 2.05) is 18.2 Å². The van der Waals surface area contributed by atoms with Crippen LogP contribution in [0.2, 0.25) is 0 Å². The fourth-order valence-electron chi connectivity index (χ4n) is 2.84. The van der Waals surface area contributed by atoms with Crippen molar-refractivity contribution < 1.29 is 9.47 Å². The fourth-order valence-corrected chi connectivity index (χ4v) is 2.84. The molecule has 0 aliphatic carbocycles. The van der Waals surface area contributed by atoms with Crippen LogP contribution in [0.1, 0.15) is 0 Å². The number of benzene rings is 1. The maximum absolute atomic E-state index is 12.5. The van der Waals surface area contributed by atoms with Gasteiger partial charge in [0.1, 0.15) is 17.0 Å². The molecule has 0 unspecified atom stereocenters. The highest BCUT2D eigenvalue weighted by Crippen LogP contribution is 2.28. The Balaban J connectivity index is 2.06. The Morgan fingerprint density at radius 3 is 2.54 bits per heavy atom. The first kappa shape index (κ1) is 14.3. The second-order valence-corrected chi connectivity index (χ2v) is 5.19. The lowest BCUT2D eigenvalue weighted by molar-refractivity contribution is 0.418. The van der Waals surface area contributed by atoms with Gasteiger partial charge in [0.05, 0.1) is 25.4 Å². The minimum absolute atomic E-state index is 0.288. The van der Waals surface area contributed by atoms with Gasteiger partial charge in [-0.1, -0.05) is 0 Å². The summed E-state index contributed by atoms with van der Waals surface area (Å²) in [5.41, 5.74) is 2.24. The second kappa shape index (κ2) is 5.38. The molecular formula is C17H14N4O3. The normalized spacial score (nSPS) is 11.1. The van der Waals surface area contributed by atoms with Crippen LogP contribution in [-0.4, -0.2) is 33.7 Å². The fraction of sp³-hybridized carbons (Fsp3) is 0.118. The van der Waals surface area contributed by atoms with Gasteiger partial charge in [-0.05, 0) is 24.3 Å². The predicted octanol–water partition coefficient (Wildman–Crippen LogP) is 2.28. The number of aromatic nitrogens is 4. The van der Waals surface area contributed by atoms with Crippen molar-refractivity contribution in [3.05, 3.63) is 53.2 Å². The molecule has 0 saturated carbocycles. The number of H-pyrrole nitrogens is 1. The highest BCUT2D eigenvalue weighted by atomic mass is 16.5. The molecule has 120 valence electrons. The summed E-state index contributed by atoms with van der Waals surface area (Å²) in [6, 6.07) is 9.04. The van der Waals surface area contributed by atoms with Gasteiger partial charge >= 0.3 is 5.69 Å². The van der Waals surface area contributed by atoms with Crippen LogP contribution >= 0.6 is 0 Å². The highest BCUT2D eigenvalue weighted by molar-refractivity contribution is 5.88. The van der Waals surface area contributed by atoms with Crippen molar-refractivity contribution in [1.29, 1.82) is 0 Å². The maximum atomic E-state index is 12.5. The van der Waals surface area contributed by atoms with Crippen LogP contribution < -0.4 is 15.2 Å². The van der Waals surface area contributed by atoms with Crippen molar-refractivity contribution >= 4 is 22.1 Å². The van der Waals surface area contributed by atoms with E-state index in [1.54, 1.807) is 38.7 Å². The third-order valence-corrected chi connectivity index (χ3v) is 3.92. The topological polar surface area (TPSA) is 82.0 Å². The van der Waals surface area contributed by atoms with Crippen LogP contribution in [0.3, 0.4) is 0 Å². The molecule has 0 saturated heterocycles. The second-order valence-electron chi connectivity index (χ2n) is 5.19. The molecule has 0 atom stereocenters. The number of nitrogens with zero attached hydrogens (tertiary/aromatic N) is 3. The van der Waals surface area contributed by atoms with Crippen molar-refractivity contribution in [2.24, 2.45) is 0 Å². The molecule has 0 spiro atoms. The Kier molecular flexibility index (Phi) is 3.19. The standard InChI is InChI=1S/C17H14N4O3/c1-23-13-5-7-18-12-4-3-10(9-11(12)13)21-15-14(24-2)6-8-19-16(15)20-17(21)22/h3-9H,1-2H3,(H,19,20,22). The summed E-state index contributed by atoms with van der Waals surface area (Å²) in [5, 5.41) is 0.821. The molecular weight excluding hydrogens is 308 g/mol. The van der Waals surface area contributed by atoms with Gasteiger partial charge in [-0.2, -0.15) is 0 Å². The zero-order chi connectivity index (χ0) is 16.7. The van der Waals surface area contributed by atoms with Crippen LogP contribution in [0.4, 0.5) is 0 Å². The SMILES string of the molecule is COc1ccnc2ccc(-n3c(=O)[nH]c4nccc(OC)c43)cc12. The van der Waals surface area contributed by atoms with Gasteiger partial charge in [0.25, 0.3) is 0 Å². The van der Waals surface area contributed by atoms with Crippen molar-refractivity contribution in [3.63, 3.8) is 0 Å². The number of rotatable bonds is 3. The number of nitrogens with one attached hydrogen (secondary N) is 1. The van der Waals surface area contributed by atoms with Crippen LogP contribution in [0.15, 0.2) is 47.5 Å². The number of ether oxygens (including phenoxy) is 2. The van der Waals surface area contributed by atoms with E-state index < -0.39 is 0 Å². The van der Waals surface area contributed by atoms with Crippen molar-refractivity contribution in [2.75, 3.05) is 14.2 Å². The molecule has 0 aliphatic rings. The molecule has 24 heavy (non-hydrogen) atoms. The average molecular weight is 322 g/mol. The van der Waals surface area contributed by atoms with Gasteiger partial charge in [0.15, 0.2) is 5.65 Å². The summed E-state index contributed by atoms with van der Waals surface area (Å²) in [5.74, 6) is 1.26. The van der Waals surface area contributed by atoms with E-state index in [-0.39, 0.29) is 5.69 Å². The quantitative estimate of drug-likeness (QED) is 0.626. The van der Waals surface area contributed by atoms with Gasteiger partial charge in [-0.3, -0.25) is 14.5 Å². The summed E-state index contributed by atoms with van der Waals surface area (Å²) >= 11 is 0. The van der Waals surface area contributed by atoms with E-state index in [9.17, 15) is 4.79 Å². The summed E-state index contributed by atoms with van der Waals surface area (Å²) in [4.78, 5) is 23.7. The van der Waals surface area contributed by atoms with E-state index in [0.29, 0.717) is 28.4 Å². The minimum Gasteiger partial charge on any atom is -0.496 e. The molecule has 0 amide bonds. The third-order valence-electron chi connectivity index (χ3n) is 3.92. The molecule has 1 aromatic carbocycles. The molecule has 3 aromatic heterocycles. The van der Waals surface area contributed by atoms with E-state index in [0.717, 1.165) is 10.9 Å². The van der Waals surface area contributed by atoms with Crippen molar-refractivity contribution in [3.8, 4) is 17.2 Å². The average Bonchev–Trinajstić information content (AvgIpc) is 2.96. The first-order chi connectivity index (χ1) is 11.7. The number of methoxy groups -OCH3 is 2. The largest absolute Gasteiger partial charge is 0.496 e. The van der Waals surface area contributed by atoms with Gasteiger partial charge in [0.2, 0.25) is 0 Å². The zero-order valence-corrected chi connectivity index (χ0v) is 13.1. The van der Waals surface area contributed by atoms with Crippen LogP contribution in [0.25, 0.3) is 27.8 Å². The lowest BCUT2D eigenvalue weighted by Crippen LogP contribution is -2.14. The van der Waals surface area contributed by atoms with Crippen LogP contribution in [0, 0.1) is 0 Å². The smallest absolute Gasteiger partial charge is 0.332 e. The highest BCUT2D eigenvalue weighted by Gasteiger charge is 2.15. The van der Waals surface area contributed by atoms with Gasteiger partial charge < -0.3 is 9.47 Å². The predicted molar refractivity (Wildman–Crippen MR) is 90.1 cm³/mol. The van der Waals surface area contributed by atoms with Crippen LogP contribution in [0.5, 0.6) is 11.5 Å². The molecule has 0 bridgehead atoms. The molecule has 0 radical (unpaired) electrons. The molecule has 4 rings (SSSR count). The summed E-state index contributed by atoms with van der Waals surface area (Å²) in [6.07, 6.45) is 3.28. The van der Waals surface area contributed by atoms with E-state index >= 15 is 0 Å². The van der Waals surface area contributed by atoms with Gasteiger partial charge in [0, 0.05) is 23.8 Å². The van der Waals surface area contributed by atoms with Crippen LogP contribution in [-0.2, 0) is 0 Å². The van der Waals surface area contributed by atoms with Crippen molar-refractivity contribution in [2.45, 2.75) is 0 Å². The Hall–Kier alpha value is -3.35. The monoisotopic (exact) mass is 322 g/mol. The number of fused-ring (bicyclic) bond motifs is 2. The number of imidazole rings is 1. The Morgan fingerprint density at radius 1 is 1.00 bits per heavy atom. The number of aromatic amines is 1. The molecule has 4 aromatic rings. The number of pyridine rings is 2. The zero-order valence-electron chi connectivity index (χ0n) is 13.1. The molecule has 7 heteroatoms. The Bertz CT molecular complexity index is 1110. The molecule has 7 nitrogen and oxygen atoms in total. The Morgan fingerprint density at radius 2 is 1.75 bits per heavy atom. The van der Waals surface area contributed by atoms with E-state index in [2.05, 4.69) is 15.0 Å². The molecule has 3 heterocycles. The van der Waals surface area contributed by atoms with Gasteiger partial charge in [-0.25, -0.2) is 9.78 Å². The third kappa shape index (κ3) is 2.02. The summed E-state index contributed by atoms with van der Waals surface area (Å²) in [6.45, 7) is 0. The summed E-state index contributed by atoms with van der Waals surface area (Å²) < 4.78 is 12.3. The number of hydrogen-bond donors (Lipinski definition) is 1. The summed E-state index contributed by atoms with van der Waals surface area (Å²) in [7, 11) is 3.16. The minimum atomic E-state index is -0.288. The first-order valence-corrected chi connectivity index (χ1v) is 7.30.